The van der Waals surface area contributed by atoms with Crippen LogP contribution in [0.3, 0.4) is 0 Å². The summed E-state index contributed by atoms with van der Waals surface area (Å²) in [6, 6.07) is 8.59. The van der Waals surface area contributed by atoms with E-state index in [0.717, 1.165) is 5.56 Å². The topological polar surface area (TPSA) is 92.3 Å². The van der Waals surface area contributed by atoms with E-state index in [2.05, 4.69) is 10.1 Å². The van der Waals surface area contributed by atoms with Crippen LogP contribution in [0.1, 0.15) is 11.1 Å². The molecule has 1 amide bonds. The fourth-order valence-corrected chi connectivity index (χ4v) is 2.68. The lowest BCUT2D eigenvalue weighted by molar-refractivity contribution is -0.142. The average molecular weight is 403 g/mol. The van der Waals surface area contributed by atoms with Crippen LogP contribution >= 0.6 is 0 Å². The number of benzene rings is 2. The molecule has 0 bridgehead atoms. The van der Waals surface area contributed by atoms with E-state index in [9.17, 15) is 9.59 Å². The number of anilines is 1. The zero-order chi connectivity index (χ0) is 21.4. The Bertz CT molecular complexity index is 854. The fourth-order valence-electron chi connectivity index (χ4n) is 2.68. The maximum Gasteiger partial charge on any atom is 0.343 e. The Labute approximate surface area is 169 Å². The molecule has 0 aliphatic rings. The van der Waals surface area contributed by atoms with Crippen LogP contribution in [-0.4, -0.2) is 46.9 Å². The molecule has 29 heavy (non-hydrogen) atoms. The lowest BCUT2D eigenvalue weighted by Gasteiger charge is -2.14. The second kappa shape index (κ2) is 10.2. The van der Waals surface area contributed by atoms with E-state index in [1.54, 1.807) is 30.3 Å². The number of ether oxygens (including phenoxy) is 5. The minimum atomic E-state index is -0.467. The van der Waals surface area contributed by atoms with Crippen molar-refractivity contribution in [2.75, 3.05) is 40.4 Å². The SMILES string of the molecule is COC(=O)COc1ccc(NC(=O)Cc2cc(OC)c(OC)c(OC)c2)c(C)c1. The molecule has 0 saturated carbocycles. The van der Waals surface area contributed by atoms with Gasteiger partial charge in [-0.05, 0) is 48.4 Å². The van der Waals surface area contributed by atoms with Gasteiger partial charge < -0.3 is 29.0 Å². The van der Waals surface area contributed by atoms with Gasteiger partial charge in [0.25, 0.3) is 0 Å². The van der Waals surface area contributed by atoms with Crippen LogP contribution < -0.4 is 24.3 Å². The molecular formula is C21H25NO7. The highest BCUT2D eigenvalue weighted by Crippen LogP contribution is 2.38. The Balaban J connectivity index is 2.08. The summed E-state index contributed by atoms with van der Waals surface area (Å²) in [5, 5.41) is 2.87. The summed E-state index contributed by atoms with van der Waals surface area (Å²) in [6.45, 7) is 1.66. The standard InChI is InChI=1S/C21H25NO7/c1-13-8-15(29-12-20(24)27-4)6-7-16(13)22-19(23)11-14-9-17(25-2)21(28-5)18(10-14)26-3/h6-10H,11-12H2,1-5H3,(H,22,23). The van der Waals surface area contributed by atoms with E-state index < -0.39 is 5.97 Å². The van der Waals surface area contributed by atoms with Gasteiger partial charge in [-0.15, -0.1) is 0 Å². The first-order valence-corrected chi connectivity index (χ1v) is 8.80. The largest absolute Gasteiger partial charge is 0.493 e. The number of amides is 1. The van der Waals surface area contributed by atoms with Crippen molar-refractivity contribution in [3.63, 3.8) is 0 Å². The Morgan fingerprint density at radius 2 is 1.59 bits per heavy atom. The highest BCUT2D eigenvalue weighted by atomic mass is 16.6. The van der Waals surface area contributed by atoms with Gasteiger partial charge in [0.1, 0.15) is 5.75 Å². The monoisotopic (exact) mass is 403 g/mol. The summed E-state index contributed by atoms with van der Waals surface area (Å²) < 4.78 is 25.8. The highest BCUT2D eigenvalue weighted by Gasteiger charge is 2.15. The number of carbonyl (C=O) groups excluding carboxylic acids is 2. The molecule has 0 aromatic heterocycles. The van der Waals surface area contributed by atoms with Gasteiger partial charge in [0, 0.05) is 5.69 Å². The van der Waals surface area contributed by atoms with Gasteiger partial charge in [-0.2, -0.15) is 0 Å². The third-order valence-electron chi connectivity index (χ3n) is 4.15. The van der Waals surface area contributed by atoms with Crippen LogP contribution in [0, 0.1) is 6.92 Å². The maximum absolute atomic E-state index is 12.5. The molecule has 8 nitrogen and oxygen atoms in total. The minimum Gasteiger partial charge on any atom is -0.493 e. The van der Waals surface area contributed by atoms with Crippen molar-refractivity contribution in [1.82, 2.24) is 0 Å². The third kappa shape index (κ3) is 5.78. The molecule has 0 spiro atoms. The molecule has 0 aliphatic carbocycles. The van der Waals surface area contributed by atoms with Crippen molar-refractivity contribution in [3.05, 3.63) is 41.5 Å². The Kier molecular flexibility index (Phi) is 7.70. The van der Waals surface area contributed by atoms with Crippen molar-refractivity contribution >= 4 is 17.6 Å². The molecular weight excluding hydrogens is 378 g/mol. The smallest absolute Gasteiger partial charge is 0.343 e. The summed E-state index contributed by atoms with van der Waals surface area (Å²) in [5.74, 6) is 1.28. The summed E-state index contributed by atoms with van der Waals surface area (Å²) in [6.07, 6.45) is 0.122. The molecule has 1 N–H and O–H groups in total. The first kappa shape index (κ1) is 21.9. The molecule has 0 unspecified atom stereocenters. The minimum absolute atomic E-state index is 0.122. The van der Waals surface area contributed by atoms with Gasteiger partial charge in [-0.3, -0.25) is 4.79 Å². The van der Waals surface area contributed by atoms with Crippen molar-refractivity contribution in [1.29, 1.82) is 0 Å². The summed E-state index contributed by atoms with van der Waals surface area (Å²) >= 11 is 0. The van der Waals surface area contributed by atoms with Crippen molar-refractivity contribution in [3.8, 4) is 23.0 Å². The molecule has 0 aliphatic heterocycles. The van der Waals surface area contributed by atoms with Crippen LogP contribution in [0.4, 0.5) is 5.69 Å². The van der Waals surface area contributed by atoms with E-state index in [4.69, 9.17) is 18.9 Å². The summed E-state index contributed by atoms with van der Waals surface area (Å²) in [7, 11) is 5.86. The number of methoxy groups -OCH3 is 4. The van der Waals surface area contributed by atoms with Gasteiger partial charge in [-0.1, -0.05) is 0 Å². The predicted molar refractivity (Wildman–Crippen MR) is 107 cm³/mol. The number of hydrogen-bond acceptors (Lipinski definition) is 7. The Morgan fingerprint density at radius 3 is 2.10 bits per heavy atom. The normalized spacial score (nSPS) is 10.1. The molecule has 0 atom stereocenters. The number of carbonyl (C=O) groups is 2. The van der Waals surface area contributed by atoms with E-state index >= 15 is 0 Å². The highest BCUT2D eigenvalue weighted by molar-refractivity contribution is 5.93. The van der Waals surface area contributed by atoms with Crippen molar-refractivity contribution < 1.29 is 33.3 Å². The Morgan fingerprint density at radius 1 is 0.931 bits per heavy atom. The second-order valence-corrected chi connectivity index (χ2v) is 6.10. The van der Waals surface area contributed by atoms with E-state index in [-0.39, 0.29) is 18.9 Å². The zero-order valence-corrected chi connectivity index (χ0v) is 17.2. The number of nitrogens with one attached hydrogen (secondary N) is 1. The van der Waals surface area contributed by atoms with Crippen LogP contribution in [0.5, 0.6) is 23.0 Å². The van der Waals surface area contributed by atoms with Crippen LogP contribution in [0.2, 0.25) is 0 Å². The van der Waals surface area contributed by atoms with Crippen molar-refractivity contribution in [2.45, 2.75) is 13.3 Å². The van der Waals surface area contributed by atoms with Gasteiger partial charge in [0.15, 0.2) is 18.1 Å². The van der Waals surface area contributed by atoms with E-state index in [1.807, 2.05) is 6.92 Å². The average Bonchev–Trinajstić information content (AvgIpc) is 2.72. The second-order valence-electron chi connectivity index (χ2n) is 6.10. The van der Waals surface area contributed by atoms with Gasteiger partial charge in [0.2, 0.25) is 11.7 Å². The third-order valence-corrected chi connectivity index (χ3v) is 4.15. The molecule has 0 radical (unpaired) electrons. The van der Waals surface area contributed by atoms with Crippen LogP contribution in [-0.2, 0) is 20.7 Å². The zero-order valence-electron chi connectivity index (χ0n) is 17.2. The van der Waals surface area contributed by atoms with Crippen molar-refractivity contribution in [2.24, 2.45) is 0 Å². The fraction of sp³-hybridized carbons (Fsp3) is 0.333. The molecule has 2 aromatic rings. The lowest BCUT2D eigenvalue weighted by atomic mass is 10.1. The lowest BCUT2D eigenvalue weighted by Crippen LogP contribution is -2.16. The van der Waals surface area contributed by atoms with Gasteiger partial charge in [-0.25, -0.2) is 4.79 Å². The maximum atomic E-state index is 12.5. The molecule has 0 heterocycles. The predicted octanol–water partition coefficient (Wildman–Crippen LogP) is 2.75. The van der Waals surface area contributed by atoms with Crippen LogP contribution in [0.15, 0.2) is 30.3 Å². The molecule has 156 valence electrons. The first-order valence-electron chi connectivity index (χ1n) is 8.80. The summed E-state index contributed by atoms with van der Waals surface area (Å²) in [5.41, 5.74) is 2.16. The van der Waals surface area contributed by atoms with Crippen LogP contribution in [0.25, 0.3) is 0 Å². The van der Waals surface area contributed by atoms with E-state index in [1.165, 1.54) is 28.4 Å². The molecule has 2 rings (SSSR count). The van der Waals surface area contributed by atoms with Gasteiger partial charge >= 0.3 is 5.97 Å². The first-order chi connectivity index (χ1) is 13.9. The number of esters is 1. The summed E-state index contributed by atoms with van der Waals surface area (Å²) in [4.78, 5) is 23.7. The molecule has 0 fully saturated rings. The quantitative estimate of drug-likeness (QED) is 0.644. The Hall–Kier alpha value is -3.42. The number of aryl methyl sites for hydroxylation is 1. The number of rotatable bonds is 9. The van der Waals surface area contributed by atoms with Gasteiger partial charge in [0.05, 0.1) is 34.9 Å². The molecule has 0 saturated heterocycles. The molecule has 2 aromatic carbocycles. The molecule has 8 heteroatoms. The number of hydrogen-bond donors (Lipinski definition) is 1. The van der Waals surface area contributed by atoms with E-state index in [0.29, 0.717) is 34.2 Å².